The number of nitrogens with one attached hydrogen (secondary N) is 1. The van der Waals surface area contributed by atoms with Gasteiger partial charge in [-0.1, -0.05) is 36.4 Å². The molecule has 1 N–H and O–H groups in total. The molecule has 0 aliphatic carbocycles. The van der Waals surface area contributed by atoms with E-state index < -0.39 is 0 Å². The molecule has 0 saturated carbocycles. The van der Waals surface area contributed by atoms with Crippen LogP contribution in [0.5, 0.6) is 0 Å². The van der Waals surface area contributed by atoms with E-state index in [9.17, 15) is 0 Å². The lowest BCUT2D eigenvalue weighted by Gasteiger charge is -2.35. The Morgan fingerprint density at radius 1 is 1.04 bits per heavy atom. The van der Waals surface area contributed by atoms with Crippen molar-refractivity contribution in [1.82, 2.24) is 5.43 Å². The van der Waals surface area contributed by atoms with Gasteiger partial charge in [0.05, 0.1) is 18.0 Å². The summed E-state index contributed by atoms with van der Waals surface area (Å²) in [6.45, 7) is 3.40. The molecule has 3 rings (SSSR count). The minimum Gasteiger partial charge on any atom is -0.353 e. The molecule has 0 amide bonds. The van der Waals surface area contributed by atoms with Crippen molar-refractivity contribution in [1.29, 1.82) is 0 Å². The summed E-state index contributed by atoms with van der Waals surface area (Å²) in [6.07, 6.45) is 1.71. The maximum absolute atomic E-state index is 5.66. The van der Waals surface area contributed by atoms with Crippen molar-refractivity contribution in [2.45, 2.75) is 32.1 Å². The maximum Gasteiger partial charge on any atom is 0.159 e. The zero-order chi connectivity index (χ0) is 15.9. The smallest absolute Gasteiger partial charge is 0.159 e. The number of para-hydroxylation sites is 2. The van der Waals surface area contributed by atoms with E-state index >= 15 is 0 Å². The number of hydrogen-bond donors (Lipinski definition) is 1. The monoisotopic (exact) mass is 312 g/mol. The Bertz CT molecular complexity index is 535. The first-order valence-electron chi connectivity index (χ1n) is 8.26. The highest BCUT2D eigenvalue weighted by atomic mass is 16.7. The van der Waals surface area contributed by atoms with Crippen LogP contribution in [0.2, 0.25) is 0 Å². The van der Waals surface area contributed by atoms with Gasteiger partial charge >= 0.3 is 0 Å². The second-order valence-electron chi connectivity index (χ2n) is 5.61. The molecule has 2 atom stereocenters. The number of ether oxygens (including phenoxy) is 2. The van der Waals surface area contributed by atoms with Gasteiger partial charge in [0.25, 0.3) is 0 Å². The fourth-order valence-corrected chi connectivity index (χ4v) is 2.81. The van der Waals surface area contributed by atoms with Gasteiger partial charge in [-0.25, -0.2) is 5.43 Å². The highest BCUT2D eigenvalue weighted by Gasteiger charge is 2.25. The van der Waals surface area contributed by atoms with Gasteiger partial charge in [-0.15, -0.1) is 0 Å². The summed E-state index contributed by atoms with van der Waals surface area (Å²) in [5.74, 6) is 0. The molecule has 1 aliphatic rings. The topological polar surface area (TPSA) is 33.7 Å². The standard InChI is InChI=1S/C19H24N2O2/c1-2-22-19-15-16(13-14-23-19)20-21(17-9-5-3-6-10-17)18-11-7-4-8-12-18/h3-12,16,19-20H,2,13-15H2,1H3/t16-,19+/m0/s1. The van der Waals surface area contributed by atoms with E-state index in [0.29, 0.717) is 12.6 Å². The van der Waals surface area contributed by atoms with Gasteiger partial charge < -0.3 is 9.47 Å². The predicted molar refractivity (Wildman–Crippen MR) is 92.5 cm³/mol. The van der Waals surface area contributed by atoms with Gasteiger partial charge in [0.2, 0.25) is 0 Å². The van der Waals surface area contributed by atoms with Crippen molar-refractivity contribution in [3.63, 3.8) is 0 Å². The number of nitrogens with zero attached hydrogens (tertiary/aromatic N) is 1. The molecule has 1 aliphatic heterocycles. The minimum atomic E-state index is -0.111. The SMILES string of the molecule is CCO[C@H]1C[C@@H](NN(c2ccccc2)c2ccccc2)CCO1. The first kappa shape index (κ1) is 16.0. The van der Waals surface area contributed by atoms with Crippen LogP contribution < -0.4 is 10.4 Å². The largest absolute Gasteiger partial charge is 0.353 e. The van der Waals surface area contributed by atoms with Crippen LogP contribution in [-0.4, -0.2) is 25.5 Å². The van der Waals surface area contributed by atoms with Crippen LogP contribution in [0.25, 0.3) is 0 Å². The average molecular weight is 312 g/mol. The molecule has 2 aromatic carbocycles. The van der Waals surface area contributed by atoms with Gasteiger partial charge in [0.15, 0.2) is 6.29 Å². The summed E-state index contributed by atoms with van der Waals surface area (Å²) >= 11 is 0. The van der Waals surface area contributed by atoms with E-state index in [1.54, 1.807) is 0 Å². The van der Waals surface area contributed by atoms with Crippen LogP contribution >= 0.6 is 0 Å². The number of hydrogen-bond acceptors (Lipinski definition) is 4. The van der Waals surface area contributed by atoms with Gasteiger partial charge in [-0.3, -0.25) is 5.01 Å². The third-order valence-corrected chi connectivity index (χ3v) is 3.94. The summed E-state index contributed by atoms with van der Waals surface area (Å²) in [7, 11) is 0. The van der Waals surface area contributed by atoms with Crippen LogP contribution in [0.1, 0.15) is 19.8 Å². The van der Waals surface area contributed by atoms with Crippen LogP contribution in [0, 0.1) is 0 Å². The molecule has 0 radical (unpaired) electrons. The number of benzene rings is 2. The lowest BCUT2D eigenvalue weighted by Crippen LogP contribution is -2.47. The van der Waals surface area contributed by atoms with E-state index in [-0.39, 0.29) is 6.29 Å². The molecule has 122 valence electrons. The zero-order valence-corrected chi connectivity index (χ0v) is 13.5. The molecular formula is C19H24N2O2. The van der Waals surface area contributed by atoms with Crippen LogP contribution in [-0.2, 0) is 9.47 Å². The van der Waals surface area contributed by atoms with E-state index in [1.807, 2.05) is 19.1 Å². The molecular weight excluding hydrogens is 288 g/mol. The van der Waals surface area contributed by atoms with Crippen molar-refractivity contribution in [3.8, 4) is 0 Å². The van der Waals surface area contributed by atoms with Gasteiger partial charge in [0.1, 0.15) is 0 Å². The van der Waals surface area contributed by atoms with Gasteiger partial charge in [-0.05, 0) is 37.6 Å². The van der Waals surface area contributed by atoms with Crippen molar-refractivity contribution in [2.24, 2.45) is 0 Å². The Morgan fingerprint density at radius 2 is 1.65 bits per heavy atom. The van der Waals surface area contributed by atoms with E-state index in [0.717, 1.165) is 30.8 Å². The lowest BCUT2D eigenvalue weighted by molar-refractivity contribution is -0.165. The highest BCUT2D eigenvalue weighted by Crippen LogP contribution is 2.25. The Balaban J connectivity index is 1.77. The molecule has 1 heterocycles. The zero-order valence-electron chi connectivity index (χ0n) is 13.5. The van der Waals surface area contributed by atoms with Crippen molar-refractivity contribution in [2.75, 3.05) is 18.2 Å². The summed E-state index contributed by atoms with van der Waals surface area (Å²) in [5, 5.41) is 2.15. The Hall–Kier alpha value is -1.88. The molecule has 0 bridgehead atoms. The fraction of sp³-hybridized carbons (Fsp3) is 0.368. The van der Waals surface area contributed by atoms with Crippen LogP contribution in [0.3, 0.4) is 0 Å². The summed E-state index contributed by atoms with van der Waals surface area (Å²) in [4.78, 5) is 0. The van der Waals surface area contributed by atoms with Crippen molar-refractivity contribution < 1.29 is 9.47 Å². The first-order valence-corrected chi connectivity index (χ1v) is 8.26. The molecule has 0 spiro atoms. The predicted octanol–water partition coefficient (Wildman–Crippen LogP) is 3.87. The summed E-state index contributed by atoms with van der Waals surface area (Å²) < 4.78 is 11.3. The number of hydrazine groups is 1. The van der Waals surface area contributed by atoms with E-state index in [2.05, 4.69) is 59.0 Å². The third-order valence-electron chi connectivity index (χ3n) is 3.94. The fourth-order valence-electron chi connectivity index (χ4n) is 2.81. The van der Waals surface area contributed by atoms with Gasteiger partial charge in [0, 0.05) is 19.1 Å². The second-order valence-corrected chi connectivity index (χ2v) is 5.61. The third kappa shape index (κ3) is 4.32. The maximum atomic E-state index is 5.66. The molecule has 23 heavy (non-hydrogen) atoms. The highest BCUT2D eigenvalue weighted by molar-refractivity contribution is 5.61. The van der Waals surface area contributed by atoms with Crippen molar-refractivity contribution >= 4 is 11.4 Å². The van der Waals surface area contributed by atoms with Gasteiger partial charge in [-0.2, -0.15) is 0 Å². The molecule has 4 nitrogen and oxygen atoms in total. The molecule has 0 aromatic heterocycles. The molecule has 0 unspecified atom stereocenters. The van der Waals surface area contributed by atoms with Crippen LogP contribution in [0.15, 0.2) is 60.7 Å². The number of rotatable bonds is 6. The molecule has 1 saturated heterocycles. The lowest BCUT2D eigenvalue weighted by atomic mass is 10.1. The molecule has 2 aromatic rings. The first-order chi connectivity index (χ1) is 11.4. The molecule has 4 heteroatoms. The Labute approximate surface area is 138 Å². The van der Waals surface area contributed by atoms with Crippen LogP contribution in [0.4, 0.5) is 11.4 Å². The average Bonchev–Trinajstić information content (AvgIpc) is 2.62. The summed E-state index contributed by atoms with van der Waals surface area (Å²) in [6, 6.07) is 21.1. The molecule has 1 fully saturated rings. The summed E-state index contributed by atoms with van der Waals surface area (Å²) in [5.41, 5.74) is 5.90. The minimum absolute atomic E-state index is 0.111. The Morgan fingerprint density at radius 3 is 2.22 bits per heavy atom. The Kier molecular flexibility index (Phi) is 5.64. The second kappa shape index (κ2) is 8.11. The quantitative estimate of drug-likeness (QED) is 0.821. The van der Waals surface area contributed by atoms with E-state index in [1.165, 1.54) is 0 Å². The number of anilines is 2. The van der Waals surface area contributed by atoms with E-state index in [4.69, 9.17) is 9.47 Å². The normalized spacial score (nSPS) is 21.1. The van der Waals surface area contributed by atoms with Crippen molar-refractivity contribution in [3.05, 3.63) is 60.7 Å².